The maximum atomic E-state index is 12.1. The molecule has 3 rings (SSSR count). The van der Waals surface area contributed by atoms with Crippen molar-refractivity contribution in [1.82, 2.24) is 0 Å². The highest BCUT2D eigenvalue weighted by Crippen LogP contribution is 2.35. The molecule has 0 fully saturated rings. The number of fused-ring (bicyclic) bond motifs is 1. The van der Waals surface area contributed by atoms with Crippen LogP contribution in [0.1, 0.15) is 56.4 Å². The van der Waals surface area contributed by atoms with Gasteiger partial charge in [-0.1, -0.05) is 48.6 Å². The molecule has 3 heteroatoms. The second-order valence-electron chi connectivity index (χ2n) is 7.38. The maximum absolute atomic E-state index is 12.1. The summed E-state index contributed by atoms with van der Waals surface area (Å²) in [5, 5.41) is 0. The molecule has 1 aliphatic heterocycles. The molecule has 1 heterocycles. The molecular formula is C23H26O3. The summed E-state index contributed by atoms with van der Waals surface area (Å²) in [5.74, 6) is 0.717. The van der Waals surface area contributed by atoms with Crippen LogP contribution in [0.25, 0.3) is 6.08 Å². The molecule has 0 aromatic heterocycles. The normalized spacial score (nSPS) is 16.6. The van der Waals surface area contributed by atoms with Crippen molar-refractivity contribution in [3.8, 4) is 5.75 Å². The van der Waals surface area contributed by atoms with Gasteiger partial charge in [0.15, 0.2) is 0 Å². The minimum absolute atomic E-state index is 0.113. The number of esters is 1. The molecule has 136 valence electrons. The Morgan fingerprint density at radius 3 is 2.77 bits per heavy atom. The lowest BCUT2D eigenvalue weighted by atomic mass is 9.93. The molecule has 0 saturated carbocycles. The molecule has 0 N–H and O–H groups in total. The number of benzene rings is 2. The van der Waals surface area contributed by atoms with Gasteiger partial charge >= 0.3 is 5.97 Å². The van der Waals surface area contributed by atoms with Crippen molar-refractivity contribution in [2.75, 3.05) is 0 Å². The Bertz CT molecular complexity index is 790. The summed E-state index contributed by atoms with van der Waals surface area (Å²) in [5.41, 5.74) is 3.16. The minimum Gasteiger partial charge on any atom is -0.488 e. The number of rotatable bonds is 5. The smallest absolute Gasteiger partial charge is 0.310 e. The Kier molecular flexibility index (Phi) is 5.46. The second-order valence-corrected chi connectivity index (χ2v) is 7.38. The maximum Gasteiger partial charge on any atom is 0.310 e. The van der Waals surface area contributed by atoms with Crippen LogP contribution in [0.2, 0.25) is 0 Å². The van der Waals surface area contributed by atoms with Crippen molar-refractivity contribution in [2.45, 2.75) is 51.7 Å². The number of aryl methyl sites for hydroxylation is 1. The lowest BCUT2D eigenvalue weighted by Crippen LogP contribution is -2.32. The Labute approximate surface area is 155 Å². The van der Waals surface area contributed by atoms with Crippen LogP contribution in [-0.4, -0.2) is 11.6 Å². The molecule has 2 aromatic carbocycles. The van der Waals surface area contributed by atoms with Crippen molar-refractivity contribution in [3.05, 3.63) is 71.3 Å². The number of carbonyl (C=O) groups is 1. The van der Waals surface area contributed by atoms with Gasteiger partial charge in [-0.3, -0.25) is 4.79 Å². The highest BCUT2D eigenvalue weighted by atomic mass is 16.5. The van der Waals surface area contributed by atoms with Crippen molar-refractivity contribution in [1.29, 1.82) is 0 Å². The summed E-state index contributed by atoms with van der Waals surface area (Å²) in [6, 6.07) is 16.0. The van der Waals surface area contributed by atoms with Crippen LogP contribution in [0.5, 0.6) is 5.75 Å². The Balaban J connectivity index is 1.57. The molecule has 0 saturated heterocycles. The third-order valence-electron chi connectivity index (χ3n) is 4.64. The fourth-order valence-electron chi connectivity index (χ4n) is 3.10. The van der Waals surface area contributed by atoms with E-state index in [2.05, 4.69) is 19.9 Å². The largest absolute Gasteiger partial charge is 0.488 e. The topological polar surface area (TPSA) is 35.5 Å². The average Bonchev–Trinajstić information content (AvgIpc) is 2.61. The fraction of sp³-hybridized carbons (Fsp3) is 0.348. The third kappa shape index (κ3) is 4.75. The summed E-state index contributed by atoms with van der Waals surface area (Å²) in [6.45, 7) is 6.13. The van der Waals surface area contributed by atoms with E-state index in [-0.39, 0.29) is 24.1 Å². The van der Waals surface area contributed by atoms with Gasteiger partial charge in [0, 0.05) is 0 Å². The molecular weight excluding hydrogens is 324 g/mol. The minimum atomic E-state index is -0.270. The average molecular weight is 350 g/mol. The van der Waals surface area contributed by atoms with Crippen molar-refractivity contribution in [2.24, 2.45) is 0 Å². The molecule has 0 aliphatic carbocycles. The van der Waals surface area contributed by atoms with E-state index in [1.807, 2.05) is 61.5 Å². The molecule has 1 unspecified atom stereocenters. The van der Waals surface area contributed by atoms with Crippen LogP contribution < -0.4 is 4.74 Å². The van der Waals surface area contributed by atoms with Gasteiger partial charge in [0.2, 0.25) is 0 Å². The number of carbonyl (C=O) groups excluding carboxylic acids is 1. The zero-order valence-electron chi connectivity index (χ0n) is 15.7. The Morgan fingerprint density at radius 1 is 1.23 bits per heavy atom. The Hall–Kier alpha value is -2.55. The van der Waals surface area contributed by atoms with E-state index in [0.717, 1.165) is 29.7 Å². The van der Waals surface area contributed by atoms with Gasteiger partial charge in [0.25, 0.3) is 0 Å². The predicted octanol–water partition coefficient (Wildman–Crippen LogP) is 5.50. The second kappa shape index (κ2) is 7.77. The molecule has 3 nitrogen and oxygen atoms in total. The molecule has 0 amide bonds. The van der Waals surface area contributed by atoms with E-state index in [1.165, 1.54) is 5.56 Å². The van der Waals surface area contributed by atoms with Crippen LogP contribution in [0, 0.1) is 0 Å². The first-order valence-corrected chi connectivity index (χ1v) is 9.16. The van der Waals surface area contributed by atoms with Gasteiger partial charge in [0.05, 0.1) is 6.42 Å². The monoisotopic (exact) mass is 350 g/mol. The molecule has 0 bridgehead atoms. The van der Waals surface area contributed by atoms with Gasteiger partial charge in [-0.15, -0.1) is 0 Å². The van der Waals surface area contributed by atoms with Crippen LogP contribution in [0.3, 0.4) is 0 Å². The van der Waals surface area contributed by atoms with Gasteiger partial charge in [-0.25, -0.2) is 0 Å². The summed E-state index contributed by atoms with van der Waals surface area (Å²) in [6.07, 6.45) is 5.74. The van der Waals surface area contributed by atoms with Crippen LogP contribution in [0.15, 0.2) is 54.6 Å². The van der Waals surface area contributed by atoms with E-state index in [1.54, 1.807) is 0 Å². The van der Waals surface area contributed by atoms with E-state index < -0.39 is 0 Å². The molecule has 26 heavy (non-hydrogen) atoms. The van der Waals surface area contributed by atoms with Crippen molar-refractivity contribution in [3.63, 3.8) is 0 Å². The lowest BCUT2D eigenvalue weighted by molar-refractivity contribution is -0.147. The van der Waals surface area contributed by atoms with Crippen LogP contribution in [0.4, 0.5) is 0 Å². The van der Waals surface area contributed by atoms with Gasteiger partial charge < -0.3 is 9.47 Å². The summed E-state index contributed by atoms with van der Waals surface area (Å²) in [4.78, 5) is 12.1. The predicted molar refractivity (Wildman–Crippen MR) is 104 cm³/mol. The van der Waals surface area contributed by atoms with Gasteiger partial charge in [-0.05, 0) is 62.4 Å². The molecule has 2 aromatic rings. The number of hydrogen-bond acceptors (Lipinski definition) is 3. The SMILES string of the molecule is CC(OC(=O)CC=Cc1ccccc1)c1ccc2c(c1)CCC(C)(C)O2. The summed E-state index contributed by atoms with van der Waals surface area (Å²) >= 11 is 0. The van der Waals surface area contributed by atoms with Crippen molar-refractivity contribution >= 4 is 12.0 Å². The fourth-order valence-corrected chi connectivity index (χ4v) is 3.10. The lowest BCUT2D eigenvalue weighted by Gasteiger charge is -2.33. The van der Waals surface area contributed by atoms with E-state index in [0.29, 0.717) is 0 Å². The summed E-state index contributed by atoms with van der Waals surface area (Å²) < 4.78 is 11.6. The first-order chi connectivity index (χ1) is 12.4. The zero-order valence-corrected chi connectivity index (χ0v) is 15.7. The van der Waals surface area contributed by atoms with E-state index >= 15 is 0 Å². The standard InChI is InChI=1S/C23H26O3/c1-17(25-22(24)11-7-10-18-8-5-4-6-9-18)19-12-13-21-20(16-19)14-15-23(2,3)26-21/h4-10,12-13,16-17H,11,14-15H2,1-3H3. The molecule has 1 atom stereocenters. The molecule has 0 spiro atoms. The van der Waals surface area contributed by atoms with E-state index in [4.69, 9.17) is 9.47 Å². The van der Waals surface area contributed by atoms with Crippen molar-refractivity contribution < 1.29 is 14.3 Å². The highest BCUT2D eigenvalue weighted by Gasteiger charge is 2.27. The summed E-state index contributed by atoms with van der Waals surface area (Å²) in [7, 11) is 0. The third-order valence-corrected chi connectivity index (χ3v) is 4.64. The zero-order chi connectivity index (χ0) is 18.6. The van der Waals surface area contributed by atoms with Gasteiger partial charge in [0.1, 0.15) is 17.5 Å². The molecule has 1 aliphatic rings. The highest BCUT2D eigenvalue weighted by molar-refractivity contribution is 5.73. The van der Waals surface area contributed by atoms with Crippen LogP contribution in [-0.2, 0) is 16.0 Å². The quantitative estimate of drug-likeness (QED) is 0.668. The van der Waals surface area contributed by atoms with E-state index in [9.17, 15) is 4.79 Å². The first-order valence-electron chi connectivity index (χ1n) is 9.16. The number of ether oxygens (including phenoxy) is 2. The van der Waals surface area contributed by atoms with Gasteiger partial charge in [-0.2, -0.15) is 0 Å². The first kappa shape index (κ1) is 18.2. The van der Waals surface area contributed by atoms with Crippen LogP contribution >= 0.6 is 0 Å². The number of hydrogen-bond donors (Lipinski definition) is 0. The molecule has 0 radical (unpaired) electrons. The Morgan fingerprint density at radius 2 is 2.00 bits per heavy atom.